The first-order chi connectivity index (χ1) is 11.0. The van der Waals surface area contributed by atoms with E-state index in [0.717, 1.165) is 6.42 Å². The molecule has 1 aliphatic rings. The third-order valence-corrected chi connectivity index (χ3v) is 4.43. The molecular weight excluding hydrogens is 318 g/mol. The van der Waals surface area contributed by atoms with Crippen LogP contribution in [0.15, 0.2) is 18.2 Å². The number of ether oxygens (including phenoxy) is 2. The standard InChI is InChI=1S/C15H21N3O4S/c1-9-4-14(18-15(20)16-9)23-8-13(19)17-10-5-11(21-2)7-12(6-10)22-3/h5-7,9,14H,4,8H2,1-3H3,(H,17,19)(H2,16,18,20). The fourth-order valence-electron chi connectivity index (χ4n) is 2.21. The molecule has 0 radical (unpaired) electrons. The summed E-state index contributed by atoms with van der Waals surface area (Å²) >= 11 is 1.41. The van der Waals surface area contributed by atoms with Crippen LogP contribution in [0.3, 0.4) is 0 Å². The van der Waals surface area contributed by atoms with E-state index in [1.165, 1.54) is 11.8 Å². The molecule has 0 spiro atoms. The number of hydrogen-bond acceptors (Lipinski definition) is 5. The molecule has 7 nitrogen and oxygen atoms in total. The number of amides is 3. The smallest absolute Gasteiger partial charge is 0.315 e. The number of benzene rings is 1. The van der Waals surface area contributed by atoms with E-state index >= 15 is 0 Å². The summed E-state index contributed by atoms with van der Waals surface area (Å²) in [5, 5.41) is 8.31. The molecule has 1 aromatic rings. The van der Waals surface area contributed by atoms with Crippen molar-refractivity contribution in [2.75, 3.05) is 25.3 Å². The average molecular weight is 339 g/mol. The summed E-state index contributed by atoms with van der Waals surface area (Å²) in [7, 11) is 3.11. The minimum Gasteiger partial charge on any atom is -0.497 e. The van der Waals surface area contributed by atoms with Gasteiger partial charge in [-0.15, -0.1) is 11.8 Å². The Labute approximate surface area is 139 Å². The van der Waals surface area contributed by atoms with Crippen molar-refractivity contribution in [3.63, 3.8) is 0 Å². The summed E-state index contributed by atoms with van der Waals surface area (Å²) in [6, 6.07) is 5.08. The molecule has 0 saturated carbocycles. The third kappa shape index (κ3) is 5.24. The van der Waals surface area contributed by atoms with E-state index in [9.17, 15) is 9.59 Å². The van der Waals surface area contributed by atoms with E-state index in [0.29, 0.717) is 17.2 Å². The predicted octanol–water partition coefficient (Wildman–Crippen LogP) is 1.79. The molecule has 126 valence electrons. The van der Waals surface area contributed by atoms with Crippen LogP contribution >= 0.6 is 11.8 Å². The number of anilines is 1. The molecular formula is C15H21N3O4S. The van der Waals surface area contributed by atoms with Crippen molar-refractivity contribution < 1.29 is 19.1 Å². The normalized spacial score (nSPS) is 20.2. The molecule has 1 fully saturated rings. The van der Waals surface area contributed by atoms with Crippen molar-refractivity contribution in [2.24, 2.45) is 0 Å². The van der Waals surface area contributed by atoms with Gasteiger partial charge >= 0.3 is 6.03 Å². The van der Waals surface area contributed by atoms with Gasteiger partial charge in [-0.25, -0.2) is 4.79 Å². The molecule has 3 amide bonds. The molecule has 0 aliphatic carbocycles. The number of thioether (sulfide) groups is 1. The van der Waals surface area contributed by atoms with Gasteiger partial charge in [-0.05, 0) is 13.3 Å². The van der Waals surface area contributed by atoms with Gasteiger partial charge in [0.15, 0.2) is 0 Å². The van der Waals surface area contributed by atoms with E-state index in [2.05, 4.69) is 16.0 Å². The van der Waals surface area contributed by atoms with Crippen molar-refractivity contribution in [3.05, 3.63) is 18.2 Å². The summed E-state index contributed by atoms with van der Waals surface area (Å²) in [6.45, 7) is 1.94. The number of methoxy groups -OCH3 is 2. The van der Waals surface area contributed by atoms with Crippen molar-refractivity contribution in [1.29, 1.82) is 0 Å². The second kappa shape index (κ2) is 7.96. The van der Waals surface area contributed by atoms with Gasteiger partial charge in [0.25, 0.3) is 0 Å². The van der Waals surface area contributed by atoms with E-state index in [4.69, 9.17) is 9.47 Å². The summed E-state index contributed by atoms with van der Waals surface area (Å²) in [5.74, 6) is 1.31. The Hall–Kier alpha value is -2.09. The Morgan fingerprint density at radius 2 is 1.91 bits per heavy atom. The van der Waals surface area contributed by atoms with Gasteiger partial charge in [0, 0.05) is 29.9 Å². The number of urea groups is 1. The van der Waals surface area contributed by atoms with Crippen LogP contribution in [0, 0.1) is 0 Å². The maximum atomic E-state index is 12.1. The lowest BCUT2D eigenvalue weighted by Gasteiger charge is -2.28. The Kier molecular flexibility index (Phi) is 5.97. The lowest BCUT2D eigenvalue weighted by Crippen LogP contribution is -2.52. The van der Waals surface area contributed by atoms with Gasteiger partial charge < -0.3 is 25.4 Å². The third-order valence-electron chi connectivity index (χ3n) is 3.29. The van der Waals surface area contributed by atoms with Crippen LogP contribution in [-0.4, -0.2) is 43.3 Å². The molecule has 1 aliphatic heterocycles. The molecule has 2 rings (SSSR count). The highest BCUT2D eigenvalue weighted by Crippen LogP contribution is 2.26. The Bertz CT molecular complexity index is 560. The zero-order chi connectivity index (χ0) is 16.8. The van der Waals surface area contributed by atoms with E-state index in [1.54, 1.807) is 32.4 Å². The lowest BCUT2D eigenvalue weighted by molar-refractivity contribution is -0.113. The minimum atomic E-state index is -0.195. The predicted molar refractivity (Wildman–Crippen MR) is 90.2 cm³/mol. The first-order valence-electron chi connectivity index (χ1n) is 7.21. The van der Waals surface area contributed by atoms with Crippen molar-refractivity contribution in [2.45, 2.75) is 24.8 Å². The van der Waals surface area contributed by atoms with Gasteiger partial charge in [-0.3, -0.25) is 4.79 Å². The number of rotatable bonds is 6. The van der Waals surface area contributed by atoms with Gasteiger partial charge in [0.05, 0.1) is 25.3 Å². The van der Waals surface area contributed by atoms with E-state index in [-0.39, 0.29) is 29.1 Å². The molecule has 2 unspecified atom stereocenters. The fourth-order valence-corrected chi connectivity index (χ4v) is 3.25. The molecule has 23 heavy (non-hydrogen) atoms. The average Bonchev–Trinajstić information content (AvgIpc) is 2.51. The van der Waals surface area contributed by atoms with Crippen molar-refractivity contribution in [3.8, 4) is 11.5 Å². The molecule has 2 atom stereocenters. The van der Waals surface area contributed by atoms with E-state index in [1.807, 2.05) is 6.92 Å². The summed E-state index contributed by atoms with van der Waals surface area (Å²) in [5.41, 5.74) is 0.606. The van der Waals surface area contributed by atoms with Gasteiger partial charge in [-0.1, -0.05) is 0 Å². The fraction of sp³-hybridized carbons (Fsp3) is 0.467. The number of hydrogen-bond donors (Lipinski definition) is 3. The first-order valence-corrected chi connectivity index (χ1v) is 8.26. The Morgan fingerprint density at radius 1 is 1.26 bits per heavy atom. The van der Waals surface area contributed by atoms with Gasteiger partial charge in [0.1, 0.15) is 11.5 Å². The van der Waals surface area contributed by atoms with Crippen molar-refractivity contribution >= 4 is 29.4 Å². The Balaban J connectivity index is 1.88. The maximum absolute atomic E-state index is 12.1. The molecule has 8 heteroatoms. The summed E-state index contributed by atoms with van der Waals surface area (Å²) in [4.78, 5) is 23.5. The zero-order valence-corrected chi connectivity index (χ0v) is 14.2. The highest BCUT2D eigenvalue weighted by atomic mass is 32.2. The second-order valence-electron chi connectivity index (χ2n) is 5.20. The summed E-state index contributed by atoms with van der Waals surface area (Å²) in [6.07, 6.45) is 0.774. The number of carbonyl (C=O) groups is 2. The van der Waals surface area contributed by atoms with Crippen LogP contribution in [0.1, 0.15) is 13.3 Å². The molecule has 3 N–H and O–H groups in total. The number of carbonyl (C=O) groups excluding carboxylic acids is 2. The van der Waals surface area contributed by atoms with Crippen LogP contribution in [0.25, 0.3) is 0 Å². The first kappa shape index (κ1) is 17.3. The Morgan fingerprint density at radius 3 is 2.48 bits per heavy atom. The summed E-state index contributed by atoms with van der Waals surface area (Å²) < 4.78 is 10.3. The maximum Gasteiger partial charge on any atom is 0.315 e. The lowest BCUT2D eigenvalue weighted by atomic mass is 10.2. The SMILES string of the molecule is COc1cc(NC(=O)CSC2CC(C)NC(=O)N2)cc(OC)c1. The highest BCUT2D eigenvalue weighted by Gasteiger charge is 2.23. The van der Waals surface area contributed by atoms with Gasteiger partial charge in [-0.2, -0.15) is 0 Å². The monoisotopic (exact) mass is 339 g/mol. The zero-order valence-electron chi connectivity index (χ0n) is 13.3. The minimum absolute atomic E-state index is 0.0654. The van der Waals surface area contributed by atoms with Gasteiger partial charge in [0.2, 0.25) is 5.91 Å². The second-order valence-corrected chi connectivity index (χ2v) is 6.39. The molecule has 1 heterocycles. The molecule has 1 saturated heterocycles. The van der Waals surface area contributed by atoms with Crippen LogP contribution in [0.5, 0.6) is 11.5 Å². The van der Waals surface area contributed by atoms with Crippen LogP contribution < -0.4 is 25.4 Å². The topological polar surface area (TPSA) is 88.7 Å². The quantitative estimate of drug-likeness (QED) is 0.735. The van der Waals surface area contributed by atoms with Crippen LogP contribution in [0.4, 0.5) is 10.5 Å². The highest BCUT2D eigenvalue weighted by molar-refractivity contribution is 8.00. The van der Waals surface area contributed by atoms with Crippen molar-refractivity contribution in [1.82, 2.24) is 10.6 Å². The molecule has 1 aromatic carbocycles. The van der Waals surface area contributed by atoms with Crippen LogP contribution in [0.2, 0.25) is 0 Å². The molecule has 0 bridgehead atoms. The molecule has 0 aromatic heterocycles. The van der Waals surface area contributed by atoms with Crippen LogP contribution in [-0.2, 0) is 4.79 Å². The number of nitrogens with one attached hydrogen (secondary N) is 3. The largest absolute Gasteiger partial charge is 0.497 e. The van der Waals surface area contributed by atoms with E-state index < -0.39 is 0 Å².